The number of fused-ring (bicyclic) bond motifs is 1. The molecule has 30 heavy (non-hydrogen) atoms. The van der Waals surface area contributed by atoms with Crippen molar-refractivity contribution in [3.05, 3.63) is 83.4 Å². The van der Waals surface area contributed by atoms with Gasteiger partial charge in [0.2, 0.25) is 0 Å². The monoisotopic (exact) mass is 416 g/mol. The first kappa shape index (κ1) is 19.8. The Hall–Kier alpha value is -3.51. The molecule has 6 heteroatoms. The summed E-state index contributed by atoms with van der Waals surface area (Å²) in [5.74, 6) is -0.960. The van der Waals surface area contributed by atoms with E-state index in [9.17, 15) is 9.59 Å². The van der Waals surface area contributed by atoms with Crippen molar-refractivity contribution in [3.63, 3.8) is 0 Å². The van der Waals surface area contributed by atoms with E-state index in [1.807, 2.05) is 62.4 Å². The normalized spacial score (nSPS) is 10.7. The molecule has 0 aliphatic rings. The van der Waals surface area contributed by atoms with Gasteiger partial charge < -0.3 is 4.74 Å². The first-order valence-electron chi connectivity index (χ1n) is 9.50. The highest BCUT2D eigenvalue weighted by Gasteiger charge is 2.13. The Labute approximate surface area is 178 Å². The fourth-order valence-corrected chi connectivity index (χ4v) is 4.28. The van der Waals surface area contributed by atoms with Crippen molar-refractivity contribution < 1.29 is 14.3 Å². The molecule has 0 saturated carbocycles. The molecule has 0 atom stereocenters. The van der Waals surface area contributed by atoms with Crippen molar-refractivity contribution in [1.29, 1.82) is 0 Å². The van der Waals surface area contributed by atoms with Gasteiger partial charge in [0.1, 0.15) is 0 Å². The lowest BCUT2D eigenvalue weighted by molar-refractivity contribution is -0.119. The minimum Gasteiger partial charge on any atom is -0.452 e. The number of ether oxygens (including phenoxy) is 1. The second kappa shape index (κ2) is 8.47. The van der Waals surface area contributed by atoms with E-state index >= 15 is 0 Å². The van der Waals surface area contributed by atoms with E-state index in [-0.39, 0.29) is 6.61 Å². The quantitative estimate of drug-likeness (QED) is 0.444. The first-order valence-corrected chi connectivity index (χ1v) is 10.3. The van der Waals surface area contributed by atoms with Crippen LogP contribution in [0.25, 0.3) is 21.3 Å². The fourth-order valence-electron chi connectivity index (χ4n) is 3.22. The highest BCUT2D eigenvalue weighted by molar-refractivity contribution is 7.22. The lowest BCUT2D eigenvalue weighted by Crippen LogP contribution is -2.20. The summed E-state index contributed by atoms with van der Waals surface area (Å²) in [6, 6.07) is 21.1. The molecule has 3 aromatic carbocycles. The molecule has 5 nitrogen and oxygen atoms in total. The van der Waals surface area contributed by atoms with Gasteiger partial charge in [-0.3, -0.25) is 10.1 Å². The zero-order chi connectivity index (χ0) is 21.1. The van der Waals surface area contributed by atoms with Crippen LogP contribution in [0, 0.1) is 13.8 Å². The van der Waals surface area contributed by atoms with Gasteiger partial charge in [-0.2, -0.15) is 0 Å². The SMILES string of the molecule is Cc1cc(C)c2nc(NC(=O)COC(=O)c3ccc(-c4ccccc4)cc3)sc2c1. The molecule has 0 fully saturated rings. The van der Waals surface area contributed by atoms with Gasteiger partial charge in [-0.1, -0.05) is 59.9 Å². The number of anilines is 1. The van der Waals surface area contributed by atoms with Gasteiger partial charge in [-0.15, -0.1) is 0 Å². The van der Waals surface area contributed by atoms with Crippen LogP contribution in [0.3, 0.4) is 0 Å². The Bertz CT molecular complexity index is 1210. The molecule has 0 bridgehead atoms. The summed E-state index contributed by atoms with van der Waals surface area (Å²) in [7, 11) is 0. The maximum atomic E-state index is 12.3. The number of aryl methyl sites for hydroxylation is 2. The van der Waals surface area contributed by atoms with Gasteiger partial charge in [-0.25, -0.2) is 9.78 Å². The van der Waals surface area contributed by atoms with Gasteiger partial charge in [0, 0.05) is 0 Å². The summed E-state index contributed by atoms with van der Waals surface area (Å²) in [5, 5.41) is 3.20. The number of carbonyl (C=O) groups is 2. The van der Waals surface area contributed by atoms with Crippen LogP contribution in [0.2, 0.25) is 0 Å². The molecule has 0 unspecified atom stereocenters. The maximum absolute atomic E-state index is 12.3. The zero-order valence-corrected chi connectivity index (χ0v) is 17.5. The molecule has 150 valence electrons. The number of amides is 1. The summed E-state index contributed by atoms with van der Waals surface area (Å²) in [6.07, 6.45) is 0. The average Bonchev–Trinajstić information content (AvgIpc) is 3.15. The maximum Gasteiger partial charge on any atom is 0.338 e. The third-order valence-corrected chi connectivity index (χ3v) is 5.56. The molecule has 4 aromatic rings. The van der Waals surface area contributed by atoms with Crippen LogP contribution in [0.1, 0.15) is 21.5 Å². The molecule has 1 amide bonds. The number of thiazole rings is 1. The smallest absolute Gasteiger partial charge is 0.338 e. The highest BCUT2D eigenvalue weighted by atomic mass is 32.1. The van der Waals surface area contributed by atoms with E-state index in [0.29, 0.717) is 10.7 Å². The number of nitrogens with one attached hydrogen (secondary N) is 1. The Kier molecular flexibility index (Phi) is 5.59. The molecule has 0 aliphatic heterocycles. The zero-order valence-electron chi connectivity index (χ0n) is 16.6. The molecule has 4 rings (SSSR count). The van der Waals surface area contributed by atoms with E-state index < -0.39 is 11.9 Å². The van der Waals surface area contributed by atoms with Gasteiger partial charge in [-0.05, 0) is 54.3 Å². The van der Waals surface area contributed by atoms with Gasteiger partial charge >= 0.3 is 5.97 Å². The Morgan fingerprint density at radius 2 is 1.67 bits per heavy atom. The minimum absolute atomic E-state index is 0.368. The summed E-state index contributed by atoms with van der Waals surface area (Å²) in [6.45, 7) is 3.65. The topological polar surface area (TPSA) is 68.3 Å². The standard InChI is InChI=1S/C24H20N2O3S/c1-15-12-16(2)22-20(13-15)30-24(26-22)25-21(27)14-29-23(28)19-10-8-18(9-11-19)17-6-4-3-5-7-17/h3-13H,14H2,1-2H3,(H,25,26,27). The average molecular weight is 417 g/mol. The van der Waals surface area contributed by atoms with Crippen LogP contribution in [0.4, 0.5) is 5.13 Å². The summed E-state index contributed by atoms with van der Waals surface area (Å²) < 4.78 is 6.16. The molecule has 0 aliphatic carbocycles. The van der Waals surface area contributed by atoms with Gasteiger partial charge in [0.05, 0.1) is 15.8 Å². The van der Waals surface area contributed by atoms with Crippen molar-refractivity contribution in [1.82, 2.24) is 4.98 Å². The second-order valence-electron chi connectivity index (χ2n) is 7.02. The lowest BCUT2D eigenvalue weighted by atomic mass is 10.0. The number of nitrogens with zero attached hydrogens (tertiary/aromatic N) is 1. The number of carbonyl (C=O) groups excluding carboxylic acids is 2. The molecule has 0 radical (unpaired) electrons. The van der Waals surface area contributed by atoms with Crippen molar-refractivity contribution >= 4 is 38.6 Å². The van der Waals surface area contributed by atoms with E-state index in [2.05, 4.69) is 16.4 Å². The third-order valence-electron chi connectivity index (χ3n) is 4.64. The van der Waals surface area contributed by atoms with Gasteiger partial charge in [0.15, 0.2) is 11.7 Å². The first-order chi connectivity index (χ1) is 14.5. The Morgan fingerprint density at radius 3 is 2.40 bits per heavy atom. The highest BCUT2D eigenvalue weighted by Crippen LogP contribution is 2.29. The van der Waals surface area contributed by atoms with Crippen molar-refractivity contribution in [2.24, 2.45) is 0 Å². The van der Waals surface area contributed by atoms with Crippen LogP contribution in [0.15, 0.2) is 66.7 Å². The second-order valence-corrected chi connectivity index (χ2v) is 8.05. The summed E-state index contributed by atoms with van der Waals surface area (Å²) >= 11 is 1.40. The van der Waals surface area contributed by atoms with E-state index in [1.165, 1.54) is 11.3 Å². The van der Waals surface area contributed by atoms with Crippen LogP contribution in [0.5, 0.6) is 0 Å². The molecule has 1 aromatic heterocycles. The molecule has 0 saturated heterocycles. The molecule has 1 heterocycles. The largest absolute Gasteiger partial charge is 0.452 e. The van der Waals surface area contributed by atoms with Crippen molar-refractivity contribution in [2.45, 2.75) is 13.8 Å². The van der Waals surface area contributed by atoms with Crippen molar-refractivity contribution in [3.8, 4) is 11.1 Å². The molecular formula is C24H20N2O3S. The number of rotatable bonds is 5. The predicted octanol–water partition coefficient (Wildman–Crippen LogP) is 5.38. The summed E-state index contributed by atoms with van der Waals surface area (Å²) in [4.78, 5) is 28.9. The fraction of sp³-hybridized carbons (Fsp3) is 0.125. The Balaban J connectivity index is 1.35. The van der Waals surface area contributed by atoms with Crippen molar-refractivity contribution in [2.75, 3.05) is 11.9 Å². The Morgan fingerprint density at radius 1 is 0.967 bits per heavy atom. The van der Waals surface area contributed by atoms with Crippen LogP contribution in [-0.4, -0.2) is 23.5 Å². The van der Waals surface area contributed by atoms with E-state index in [4.69, 9.17) is 4.74 Å². The predicted molar refractivity (Wildman–Crippen MR) is 120 cm³/mol. The van der Waals surface area contributed by atoms with Crippen LogP contribution in [-0.2, 0) is 9.53 Å². The number of aromatic nitrogens is 1. The number of hydrogen-bond acceptors (Lipinski definition) is 5. The van der Waals surface area contributed by atoms with Crippen LogP contribution >= 0.6 is 11.3 Å². The molecule has 1 N–H and O–H groups in total. The molecular weight excluding hydrogens is 396 g/mol. The molecule has 0 spiro atoms. The van der Waals surface area contributed by atoms with Gasteiger partial charge in [0.25, 0.3) is 5.91 Å². The van der Waals surface area contributed by atoms with E-state index in [1.54, 1.807) is 12.1 Å². The lowest BCUT2D eigenvalue weighted by Gasteiger charge is -2.06. The number of hydrogen-bond donors (Lipinski definition) is 1. The van der Waals surface area contributed by atoms with Crippen LogP contribution < -0.4 is 5.32 Å². The number of benzene rings is 3. The summed E-state index contributed by atoms with van der Waals surface area (Å²) in [5.41, 5.74) is 5.55. The third kappa shape index (κ3) is 4.39. The number of esters is 1. The van der Waals surface area contributed by atoms with E-state index in [0.717, 1.165) is 32.5 Å². The minimum atomic E-state index is -0.541.